The van der Waals surface area contributed by atoms with Crippen molar-refractivity contribution < 1.29 is 23.9 Å². The number of hydrogen-bond donors (Lipinski definition) is 4. The van der Waals surface area contributed by atoms with Crippen molar-refractivity contribution in [2.24, 2.45) is 5.92 Å². The Labute approximate surface area is 140 Å². The summed E-state index contributed by atoms with van der Waals surface area (Å²) in [7, 11) is 0. The number of carbonyl (C=O) groups is 3. The van der Waals surface area contributed by atoms with E-state index in [0.717, 1.165) is 12.8 Å². The minimum absolute atomic E-state index is 0.206. The molecule has 0 aromatic carbocycles. The van der Waals surface area contributed by atoms with E-state index in [-0.39, 0.29) is 13.1 Å². The predicted octanol–water partition coefficient (Wildman–Crippen LogP) is 1.23. The Bertz CT molecular complexity index is 577. The van der Waals surface area contributed by atoms with E-state index in [1.54, 1.807) is 12.1 Å². The third-order valence-electron chi connectivity index (χ3n) is 4.33. The van der Waals surface area contributed by atoms with E-state index in [1.165, 1.54) is 6.26 Å². The highest BCUT2D eigenvalue weighted by molar-refractivity contribution is 5.89. The van der Waals surface area contributed by atoms with Gasteiger partial charge in [-0.3, -0.25) is 4.79 Å². The molecule has 1 fully saturated rings. The summed E-state index contributed by atoms with van der Waals surface area (Å²) in [4.78, 5) is 35.2. The average Bonchev–Trinajstić information content (AvgIpc) is 3.06. The molecule has 1 aliphatic carbocycles. The quantitative estimate of drug-likeness (QED) is 0.622. The summed E-state index contributed by atoms with van der Waals surface area (Å²) in [6.07, 6.45) is 3.81. The lowest BCUT2D eigenvalue weighted by atomic mass is 9.77. The summed E-state index contributed by atoms with van der Waals surface area (Å²) in [5, 5.41) is 17.0. The van der Waals surface area contributed by atoms with Crippen LogP contribution in [0.25, 0.3) is 0 Å². The fraction of sp³-hybridized carbons (Fsp3) is 0.562. The van der Waals surface area contributed by atoms with E-state index >= 15 is 0 Å². The van der Waals surface area contributed by atoms with E-state index in [1.807, 2.05) is 0 Å². The predicted molar refractivity (Wildman–Crippen MR) is 85.1 cm³/mol. The lowest BCUT2D eigenvalue weighted by Crippen LogP contribution is -2.58. The summed E-state index contributed by atoms with van der Waals surface area (Å²) >= 11 is 0. The lowest BCUT2D eigenvalue weighted by molar-refractivity contribution is -0.149. The van der Waals surface area contributed by atoms with E-state index in [2.05, 4.69) is 22.9 Å². The molecule has 132 valence electrons. The van der Waals surface area contributed by atoms with Crippen molar-refractivity contribution >= 4 is 17.9 Å². The van der Waals surface area contributed by atoms with Crippen molar-refractivity contribution in [3.05, 3.63) is 24.2 Å². The molecule has 1 aliphatic rings. The van der Waals surface area contributed by atoms with Gasteiger partial charge in [-0.05, 0) is 43.7 Å². The number of aliphatic carboxylic acids is 1. The minimum atomic E-state index is -1.23. The Morgan fingerprint density at radius 1 is 1.29 bits per heavy atom. The fourth-order valence-corrected chi connectivity index (χ4v) is 2.76. The summed E-state index contributed by atoms with van der Waals surface area (Å²) in [6, 6.07) is 2.90. The van der Waals surface area contributed by atoms with Crippen LogP contribution in [0.3, 0.4) is 0 Å². The van der Waals surface area contributed by atoms with Gasteiger partial charge in [-0.15, -0.1) is 0 Å². The van der Waals surface area contributed by atoms with Crippen LogP contribution >= 0.6 is 0 Å². The molecule has 0 aliphatic heterocycles. The highest BCUT2D eigenvalue weighted by Crippen LogP contribution is 2.32. The van der Waals surface area contributed by atoms with Crippen molar-refractivity contribution in [2.45, 2.75) is 44.7 Å². The largest absolute Gasteiger partial charge is 0.480 e. The second-order valence-electron chi connectivity index (χ2n) is 6.23. The molecule has 0 spiro atoms. The van der Waals surface area contributed by atoms with Crippen LogP contribution in [0.15, 0.2) is 22.8 Å². The Morgan fingerprint density at radius 3 is 2.58 bits per heavy atom. The molecule has 0 radical (unpaired) electrons. The molecule has 0 saturated heterocycles. The van der Waals surface area contributed by atoms with Crippen LogP contribution in [0.1, 0.15) is 38.4 Å². The smallest absolute Gasteiger partial charge is 0.329 e. The Morgan fingerprint density at radius 2 is 2.00 bits per heavy atom. The number of carboxylic acid groups (broad SMARTS) is 1. The van der Waals surface area contributed by atoms with Crippen molar-refractivity contribution in [2.75, 3.05) is 6.54 Å². The van der Waals surface area contributed by atoms with Gasteiger partial charge in [0.05, 0.1) is 19.4 Å². The zero-order valence-electron chi connectivity index (χ0n) is 13.6. The van der Waals surface area contributed by atoms with E-state index in [9.17, 15) is 19.5 Å². The van der Waals surface area contributed by atoms with Gasteiger partial charge in [-0.25, -0.2) is 9.59 Å². The molecule has 2 rings (SSSR count). The third kappa shape index (κ3) is 4.74. The standard InChI is InChI=1S/C16H23N3O5/c1-11-4-6-16(7-5-11,14(21)22)19-13(20)10-18-15(23)17-9-12-3-2-8-24-12/h2-3,8,11H,4-7,9-10H2,1H3,(H,19,20)(H,21,22)(H2,17,18,23). The summed E-state index contributed by atoms with van der Waals surface area (Å²) < 4.78 is 5.07. The summed E-state index contributed by atoms with van der Waals surface area (Å²) in [6.45, 7) is 1.99. The molecule has 4 N–H and O–H groups in total. The fourth-order valence-electron chi connectivity index (χ4n) is 2.76. The van der Waals surface area contributed by atoms with E-state index in [0.29, 0.717) is 24.5 Å². The van der Waals surface area contributed by atoms with Crippen LogP contribution in [-0.2, 0) is 16.1 Å². The van der Waals surface area contributed by atoms with E-state index < -0.39 is 23.4 Å². The summed E-state index contributed by atoms with van der Waals surface area (Å²) in [5.74, 6) is -0.485. The molecule has 0 unspecified atom stereocenters. The molecule has 0 bridgehead atoms. The van der Waals surface area contributed by atoms with Crippen LogP contribution in [-0.4, -0.2) is 35.1 Å². The Balaban J connectivity index is 1.76. The molecule has 8 heteroatoms. The second-order valence-corrected chi connectivity index (χ2v) is 6.23. The van der Waals surface area contributed by atoms with Crippen molar-refractivity contribution in [3.8, 4) is 0 Å². The number of furan rings is 1. The lowest BCUT2D eigenvalue weighted by Gasteiger charge is -2.36. The van der Waals surface area contributed by atoms with Crippen LogP contribution in [0.2, 0.25) is 0 Å². The van der Waals surface area contributed by atoms with Gasteiger partial charge < -0.3 is 25.5 Å². The maximum absolute atomic E-state index is 12.0. The molecular formula is C16H23N3O5. The maximum atomic E-state index is 12.0. The highest BCUT2D eigenvalue weighted by atomic mass is 16.4. The van der Waals surface area contributed by atoms with Crippen LogP contribution in [0.4, 0.5) is 4.79 Å². The van der Waals surface area contributed by atoms with Gasteiger partial charge >= 0.3 is 12.0 Å². The third-order valence-corrected chi connectivity index (χ3v) is 4.33. The molecule has 1 saturated carbocycles. The first-order valence-electron chi connectivity index (χ1n) is 8.00. The van der Waals surface area contributed by atoms with Gasteiger partial charge in [0, 0.05) is 0 Å². The maximum Gasteiger partial charge on any atom is 0.329 e. The molecule has 1 aromatic rings. The number of hydrogen-bond acceptors (Lipinski definition) is 4. The number of rotatable bonds is 6. The molecule has 3 amide bonds. The second kappa shape index (κ2) is 7.85. The highest BCUT2D eigenvalue weighted by Gasteiger charge is 2.42. The van der Waals surface area contributed by atoms with Crippen molar-refractivity contribution in [1.82, 2.24) is 16.0 Å². The zero-order chi connectivity index (χ0) is 17.6. The normalized spacial score (nSPS) is 23.3. The zero-order valence-corrected chi connectivity index (χ0v) is 13.6. The molecule has 24 heavy (non-hydrogen) atoms. The number of nitrogens with one attached hydrogen (secondary N) is 3. The van der Waals surface area contributed by atoms with Gasteiger partial charge in [0.1, 0.15) is 11.3 Å². The Hall–Kier alpha value is -2.51. The van der Waals surface area contributed by atoms with Gasteiger partial charge in [0.25, 0.3) is 0 Å². The SMILES string of the molecule is CC1CCC(NC(=O)CNC(=O)NCc2ccco2)(C(=O)O)CC1. The number of amides is 3. The number of urea groups is 1. The van der Waals surface area contributed by atoms with Crippen molar-refractivity contribution in [3.63, 3.8) is 0 Å². The van der Waals surface area contributed by atoms with Crippen LogP contribution in [0.5, 0.6) is 0 Å². The Kier molecular flexibility index (Phi) is 5.83. The van der Waals surface area contributed by atoms with Crippen molar-refractivity contribution in [1.29, 1.82) is 0 Å². The van der Waals surface area contributed by atoms with Gasteiger partial charge in [-0.1, -0.05) is 6.92 Å². The molecular weight excluding hydrogens is 314 g/mol. The number of carbonyl (C=O) groups excluding carboxylic acids is 2. The van der Waals surface area contributed by atoms with Gasteiger partial charge in [0.2, 0.25) is 5.91 Å². The molecule has 1 heterocycles. The first kappa shape index (κ1) is 17.8. The van der Waals surface area contributed by atoms with Crippen LogP contribution in [0, 0.1) is 5.92 Å². The molecule has 8 nitrogen and oxygen atoms in total. The van der Waals surface area contributed by atoms with Gasteiger partial charge in [-0.2, -0.15) is 0 Å². The topological polar surface area (TPSA) is 121 Å². The first-order chi connectivity index (χ1) is 11.4. The molecule has 0 atom stereocenters. The monoisotopic (exact) mass is 337 g/mol. The molecule has 1 aromatic heterocycles. The van der Waals surface area contributed by atoms with Gasteiger partial charge in [0.15, 0.2) is 0 Å². The van der Waals surface area contributed by atoms with Crippen LogP contribution < -0.4 is 16.0 Å². The summed E-state index contributed by atoms with van der Waals surface area (Å²) in [5.41, 5.74) is -1.23. The average molecular weight is 337 g/mol. The minimum Gasteiger partial charge on any atom is -0.480 e. The first-order valence-corrected chi connectivity index (χ1v) is 8.00. The number of carboxylic acids is 1. The van der Waals surface area contributed by atoms with E-state index in [4.69, 9.17) is 4.42 Å².